The van der Waals surface area contributed by atoms with Gasteiger partial charge in [0.1, 0.15) is 0 Å². The summed E-state index contributed by atoms with van der Waals surface area (Å²) in [5, 5.41) is 5.99. The highest BCUT2D eigenvalue weighted by molar-refractivity contribution is 7.13. The van der Waals surface area contributed by atoms with E-state index in [2.05, 4.69) is 10.3 Å². The molecular weight excluding hydrogens is 275 g/mol. The topological polar surface area (TPSA) is 28.2 Å². The summed E-state index contributed by atoms with van der Waals surface area (Å²) in [6.45, 7) is 4.50. The summed E-state index contributed by atoms with van der Waals surface area (Å²) in [4.78, 5) is 6.42. The molecule has 0 saturated carbocycles. The van der Waals surface area contributed by atoms with Gasteiger partial charge in [-0.2, -0.15) is 13.2 Å². The molecular formula is C12H18F3N3S. The molecule has 0 unspecified atom stereocenters. The molecule has 0 atom stereocenters. The maximum Gasteiger partial charge on any atom is 0.391 e. The summed E-state index contributed by atoms with van der Waals surface area (Å²) in [7, 11) is 0. The average molecular weight is 293 g/mol. The number of hydrogen-bond donors (Lipinski definition) is 1. The number of rotatable bonds is 4. The zero-order chi connectivity index (χ0) is 13.9. The van der Waals surface area contributed by atoms with Crippen molar-refractivity contribution in [2.45, 2.75) is 32.5 Å². The Hall–Kier alpha value is -0.820. The lowest BCUT2D eigenvalue weighted by Gasteiger charge is -2.32. The molecule has 7 heteroatoms. The highest BCUT2D eigenvalue weighted by Gasteiger charge is 2.41. The normalized spacial score (nSPS) is 18.0. The predicted molar refractivity (Wildman–Crippen MR) is 70.5 cm³/mol. The van der Waals surface area contributed by atoms with Crippen molar-refractivity contribution in [1.29, 1.82) is 0 Å². The quantitative estimate of drug-likeness (QED) is 0.925. The molecule has 19 heavy (non-hydrogen) atoms. The van der Waals surface area contributed by atoms with Crippen molar-refractivity contribution >= 4 is 16.5 Å². The van der Waals surface area contributed by atoms with Crippen LogP contribution in [0.2, 0.25) is 0 Å². The maximum absolute atomic E-state index is 12.6. The van der Waals surface area contributed by atoms with Crippen LogP contribution in [0.15, 0.2) is 5.38 Å². The van der Waals surface area contributed by atoms with Crippen LogP contribution < -0.4 is 10.2 Å². The monoisotopic (exact) mass is 293 g/mol. The predicted octanol–water partition coefficient (Wildman–Crippen LogP) is 3.03. The highest BCUT2D eigenvalue weighted by Crippen LogP contribution is 2.35. The summed E-state index contributed by atoms with van der Waals surface area (Å²) < 4.78 is 37.7. The van der Waals surface area contributed by atoms with Gasteiger partial charge in [-0.1, -0.05) is 6.92 Å². The van der Waals surface area contributed by atoms with Crippen molar-refractivity contribution in [3.8, 4) is 0 Å². The van der Waals surface area contributed by atoms with Crippen LogP contribution in [0.3, 0.4) is 0 Å². The molecule has 2 rings (SSSR count). The lowest BCUT2D eigenvalue weighted by atomic mass is 9.97. The largest absolute Gasteiger partial charge is 0.391 e. The van der Waals surface area contributed by atoms with Crippen LogP contribution in [0.25, 0.3) is 0 Å². The lowest BCUT2D eigenvalue weighted by molar-refractivity contribution is -0.179. The molecule has 3 nitrogen and oxygen atoms in total. The fourth-order valence-electron chi connectivity index (χ4n) is 2.17. The molecule has 1 aliphatic rings. The molecule has 2 heterocycles. The van der Waals surface area contributed by atoms with Crippen LogP contribution in [0.1, 0.15) is 25.5 Å². The Balaban J connectivity index is 1.89. The summed E-state index contributed by atoms with van der Waals surface area (Å²) in [5.74, 6) is -1.15. The summed E-state index contributed by atoms with van der Waals surface area (Å²) in [6, 6.07) is 0. The summed E-state index contributed by atoms with van der Waals surface area (Å²) >= 11 is 1.51. The second-order valence-corrected chi connectivity index (χ2v) is 5.54. The van der Waals surface area contributed by atoms with Crippen LogP contribution in [-0.4, -0.2) is 30.8 Å². The Bertz CT molecular complexity index is 397. The van der Waals surface area contributed by atoms with Gasteiger partial charge in [-0.3, -0.25) is 0 Å². The van der Waals surface area contributed by atoms with E-state index in [-0.39, 0.29) is 12.8 Å². The number of nitrogens with zero attached hydrogens (tertiary/aromatic N) is 2. The second kappa shape index (κ2) is 6.09. The Morgan fingerprint density at radius 3 is 2.68 bits per heavy atom. The van der Waals surface area contributed by atoms with E-state index in [1.807, 2.05) is 17.2 Å². The van der Waals surface area contributed by atoms with Crippen molar-refractivity contribution in [2.24, 2.45) is 5.92 Å². The number of nitrogens with one attached hydrogen (secondary N) is 1. The van der Waals surface area contributed by atoms with Gasteiger partial charge in [0.15, 0.2) is 5.13 Å². The fraction of sp³-hybridized carbons (Fsp3) is 0.750. The van der Waals surface area contributed by atoms with Crippen LogP contribution in [0.4, 0.5) is 18.3 Å². The third kappa shape index (κ3) is 3.82. The molecule has 1 saturated heterocycles. The molecule has 1 fully saturated rings. The first-order valence-corrected chi connectivity index (χ1v) is 7.35. The van der Waals surface area contributed by atoms with E-state index in [1.54, 1.807) is 0 Å². The van der Waals surface area contributed by atoms with Gasteiger partial charge >= 0.3 is 6.18 Å². The van der Waals surface area contributed by atoms with E-state index in [0.717, 1.165) is 17.4 Å². The highest BCUT2D eigenvalue weighted by atomic mass is 32.1. The number of anilines is 1. The van der Waals surface area contributed by atoms with Gasteiger partial charge < -0.3 is 10.2 Å². The van der Waals surface area contributed by atoms with Gasteiger partial charge in [-0.05, 0) is 19.4 Å². The van der Waals surface area contributed by atoms with Gasteiger partial charge in [0.25, 0.3) is 0 Å². The van der Waals surface area contributed by atoms with Crippen LogP contribution >= 0.6 is 11.3 Å². The molecule has 1 aromatic rings. The minimum Gasteiger partial charge on any atom is -0.348 e. The SMILES string of the molecule is CCNCc1csc(N2CCC(C(F)(F)F)CC2)n1. The minimum atomic E-state index is -4.05. The van der Waals surface area contributed by atoms with E-state index in [1.165, 1.54) is 11.3 Å². The van der Waals surface area contributed by atoms with Crippen molar-refractivity contribution in [1.82, 2.24) is 10.3 Å². The molecule has 1 aliphatic heterocycles. The fourth-order valence-corrected chi connectivity index (χ4v) is 3.05. The smallest absolute Gasteiger partial charge is 0.348 e. The van der Waals surface area contributed by atoms with E-state index in [0.29, 0.717) is 19.6 Å². The second-order valence-electron chi connectivity index (χ2n) is 4.70. The molecule has 108 valence electrons. The first-order chi connectivity index (χ1) is 9.00. The summed E-state index contributed by atoms with van der Waals surface area (Å²) in [6.07, 6.45) is -3.71. The molecule has 0 amide bonds. The first kappa shape index (κ1) is 14.6. The third-order valence-electron chi connectivity index (χ3n) is 3.32. The molecule has 1 aromatic heterocycles. The number of halogens is 3. The molecule has 0 spiro atoms. The Kier molecular flexibility index (Phi) is 4.67. The Morgan fingerprint density at radius 2 is 2.11 bits per heavy atom. The van der Waals surface area contributed by atoms with E-state index >= 15 is 0 Å². The Labute approximate surface area is 114 Å². The standard InChI is InChI=1S/C12H18F3N3S/c1-2-16-7-10-8-19-11(17-10)18-5-3-9(4-6-18)12(13,14)15/h8-9,16H,2-7H2,1H3. The molecule has 0 bridgehead atoms. The number of hydrogen-bond acceptors (Lipinski definition) is 4. The van der Waals surface area contributed by atoms with E-state index < -0.39 is 12.1 Å². The number of aromatic nitrogens is 1. The Morgan fingerprint density at radius 1 is 1.42 bits per heavy atom. The van der Waals surface area contributed by atoms with Crippen LogP contribution in [0, 0.1) is 5.92 Å². The van der Waals surface area contributed by atoms with Crippen LogP contribution in [-0.2, 0) is 6.54 Å². The van der Waals surface area contributed by atoms with E-state index in [4.69, 9.17) is 0 Å². The summed E-state index contributed by atoms with van der Waals surface area (Å²) in [5.41, 5.74) is 0.958. The van der Waals surface area contributed by atoms with Gasteiger partial charge in [0.2, 0.25) is 0 Å². The van der Waals surface area contributed by atoms with Crippen molar-refractivity contribution in [3.05, 3.63) is 11.1 Å². The van der Waals surface area contributed by atoms with Gasteiger partial charge in [0, 0.05) is 25.0 Å². The number of alkyl halides is 3. The van der Waals surface area contributed by atoms with E-state index in [9.17, 15) is 13.2 Å². The molecule has 0 aliphatic carbocycles. The lowest BCUT2D eigenvalue weighted by Crippen LogP contribution is -2.39. The van der Waals surface area contributed by atoms with Gasteiger partial charge in [-0.25, -0.2) is 4.98 Å². The number of thiazole rings is 1. The van der Waals surface area contributed by atoms with Crippen LogP contribution in [0.5, 0.6) is 0 Å². The van der Waals surface area contributed by atoms with Crippen molar-refractivity contribution in [2.75, 3.05) is 24.5 Å². The van der Waals surface area contributed by atoms with Crippen molar-refractivity contribution < 1.29 is 13.2 Å². The molecule has 0 aromatic carbocycles. The minimum absolute atomic E-state index is 0.172. The number of piperidine rings is 1. The maximum atomic E-state index is 12.6. The molecule has 1 N–H and O–H groups in total. The van der Waals surface area contributed by atoms with Crippen molar-refractivity contribution in [3.63, 3.8) is 0 Å². The third-order valence-corrected chi connectivity index (χ3v) is 4.27. The zero-order valence-corrected chi connectivity index (χ0v) is 11.7. The first-order valence-electron chi connectivity index (χ1n) is 6.47. The average Bonchev–Trinajstić information content (AvgIpc) is 2.84. The zero-order valence-electron chi connectivity index (χ0n) is 10.8. The van der Waals surface area contributed by atoms with Gasteiger partial charge in [0.05, 0.1) is 11.6 Å². The molecule has 0 radical (unpaired) electrons. The van der Waals surface area contributed by atoms with Gasteiger partial charge in [-0.15, -0.1) is 11.3 Å².